The summed E-state index contributed by atoms with van der Waals surface area (Å²) in [4.78, 5) is 11.0. The third-order valence-corrected chi connectivity index (χ3v) is 4.17. The van der Waals surface area contributed by atoms with E-state index < -0.39 is 11.9 Å². The van der Waals surface area contributed by atoms with E-state index in [2.05, 4.69) is 0 Å². The van der Waals surface area contributed by atoms with Gasteiger partial charge in [-0.1, -0.05) is 35.3 Å². The molecule has 0 bridgehead atoms. The van der Waals surface area contributed by atoms with Crippen LogP contribution < -0.4 is 9.47 Å². The fraction of sp³-hybridized carbons (Fsp3) is 0.316. The first-order valence-corrected chi connectivity index (χ1v) is 8.63. The van der Waals surface area contributed by atoms with Crippen molar-refractivity contribution in [3.63, 3.8) is 0 Å². The van der Waals surface area contributed by atoms with E-state index in [4.69, 9.17) is 37.8 Å². The van der Waals surface area contributed by atoms with E-state index >= 15 is 0 Å². The van der Waals surface area contributed by atoms with Gasteiger partial charge in [-0.15, -0.1) is 0 Å². The van der Waals surface area contributed by atoms with Gasteiger partial charge in [0.2, 0.25) is 0 Å². The Hall–Kier alpha value is -1.91. The van der Waals surface area contributed by atoms with E-state index in [1.165, 1.54) is 0 Å². The fourth-order valence-corrected chi connectivity index (χ4v) is 2.68. The van der Waals surface area contributed by atoms with Crippen molar-refractivity contribution in [2.45, 2.75) is 39.4 Å². The number of carbonyl (C=O) groups is 1. The van der Waals surface area contributed by atoms with Crippen LogP contribution in [0.5, 0.6) is 11.5 Å². The standard InChI is InChI=1S/C19H20Cl2O4/c1-11(2)25-18-6-4-13(8-15(18)20)10-24-17-7-5-14(9-16(17)21)12(3)19(22)23/h4-9,11-12H,10H2,1-3H3,(H,22,23). The predicted molar refractivity (Wildman–Crippen MR) is 99.1 cm³/mol. The van der Waals surface area contributed by atoms with Gasteiger partial charge in [0.15, 0.2) is 0 Å². The second-order valence-corrected chi connectivity index (χ2v) is 6.78. The number of rotatable bonds is 7. The van der Waals surface area contributed by atoms with Crippen molar-refractivity contribution < 1.29 is 19.4 Å². The summed E-state index contributed by atoms with van der Waals surface area (Å²) in [6.07, 6.45) is 0.0464. The largest absolute Gasteiger partial charge is 0.489 e. The summed E-state index contributed by atoms with van der Waals surface area (Å²) in [6, 6.07) is 10.5. The lowest BCUT2D eigenvalue weighted by Gasteiger charge is -2.14. The summed E-state index contributed by atoms with van der Waals surface area (Å²) in [5.41, 5.74) is 1.50. The second-order valence-electron chi connectivity index (χ2n) is 5.97. The summed E-state index contributed by atoms with van der Waals surface area (Å²) in [5, 5.41) is 9.95. The molecule has 25 heavy (non-hydrogen) atoms. The number of benzene rings is 2. The molecule has 0 saturated heterocycles. The molecule has 0 aliphatic rings. The van der Waals surface area contributed by atoms with Gasteiger partial charge in [-0.05, 0) is 56.2 Å². The SMILES string of the molecule is CC(C)Oc1ccc(COc2ccc(C(C)C(=O)O)cc2Cl)cc1Cl. The second kappa shape index (κ2) is 8.45. The van der Waals surface area contributed by atoms with Crippen LogP contribution in [-0.2, 0) is 11.4 Å². The third-order valence-electron chi connectivity index (χ3n) is 3.58. The Labute approximate surface area is 157 Å². The number of carboxylic acids is 1. The van der Waals surface area contributed by atoms with E-state index in [1.807, 2.05) is 19.9 Å². The Kier molecular flexibility index (Phi) is 6.57. The topological polar surface area (TPSA) is 55.8 Å². The number of carboxylic acid groups (broad SMARTS) is 1. The lowest BCUT2D eigenvalue weighted by Crippen LogP contribution is -2.07. The molecule has 0 fully saturated rings. The lowest BCUT2D eigenvalue weighted by molar-refractivity contribution is -0.138. The van der Waals surface area contributed by atoms with Gasteiger partial charge in [-0.2, -0.15) is 0 Å². The van der Waals surface area contributed by atoms with Crippen LogP contribution in [0.25, 0.3) is 0 Å². The van der Waals surface area contributed by atoms with Crippen molar-refractivity contribution in [1.82, 2.24) is 0 Å². The molecule has 4 nitrogen and oxygen atoms in total. The number of halogens is 2. The lowest BCUT2D eigenvalue weighted by atomic mass is 10.0. The molecule has 1 N–H and O–H groups in total. The average Bonchev–Trinajstić information content (AvgIpc) is 2.54. The zero-order valence-electron chi connectivity index (χ0n) is 14.3. The number of hydrogen-bond donors (Lipinski definition) is 1. The maximum absolute atomic E-state index is 11.0. The van der Waals surface area contributed by atoms with E-state index in [9.17, 15) is 4.79 Å². The number of ether oxygens (including phenoxy) is 2. The molecule has 0 saturated carbocycles. The molecule has 134 valence electrons. The van der Waals surface area contributed by atoms with Crippen LogP contribution in [0.1, 0.15) is 37.8 Å². The van der Waals surface area contributed by atoms with Crippen molar-refractivity contribution in [3.8, 4) is 11.5 Å². The Balaban J connectivity index is 2.06. The van der Waals surface area contributed by atoms with Gasteiger partial charge in [0, 0.05) is 0 Å². The van der Waals surface area contributed by atoms with Crippen LogP contribution in [0.3, 0.4) is 0 Å². The van der Waals surface area contributed by atoms with Crippen LogP contribution >= 0.6 is 23.2 Å². The molecule has 0 aliphatic carbocycles. The monoisotopic (exact) mass is 382 g/mol. The van der Waals surface area contributed by atoms with Gasteiger partial charge in [0.05, 0.1) is 22.1 Å². The molecule has 2 aromatic rings. The van der Waals surface area contributed by atoms with E-state index in [0.29, 0.717) is 27.1 Å². The molecule has 0 aliphatic heterocycles. The van der Waals surface area contributed by atoms with Crippen LogP contribution in [0.2, 0.25) is 10.0 Å². The number of aliphatic carboxylic acids is 1. The zero-order valence-corrected chi connectivity index (χ0v) is 15.8. The predicted octanol–water partition coefficient (Wildman–Crippen LogP) is 5.55. The van der Waals surface area contributed by atoms with Crippen molar-refractivity contribution in [3.05, 3.63) is 57.6 Å². The smallest absolute Gasteiger partial charge is 0.310 e. The highest BCUT2D eigenvalue weighted by molar-refractivity contribution is 6.32. The van der Waals surface area contributed by atoms with Crippen molar-refractivity contribution in [1.29, 1.82) is 0 Å². The highest BCUT2D eigenvalue weighted by atomic mass is 35.5. The first kappa shape index (κ1) is 19.4. The van der Waals surface area contributed by atoms with Gasteiger partial charge in [0.25, 0.3) is 0 Å². The van der Waals surface area contributed by atoms with E-state index in [0.717, 1.165) is 5.56 Å². The van der Waals surface area contributed by atoms with E-state index in [-0.39, 0.29) is 12.7 Å². The molecular weight excluding hydrogens is 363 g/mol. The molecule has 0 amide bonds. The minimum atomic E-state index is -0.900. The Morgan fingerprint density at radius 2 is 1.68 bits per heavy atom. The summed E-state index contributed by atoms with van der Waals surface area (Å²) in [5.74, 6) is -0.408. The van der Waals surface area contributed by atoms with Gasteiger partial charge in [-0.25, -0.2) is 0 Å². The maximum Gasteiger partial charge on any atom is 0.310 e. The average molecular weight is 383 g/mol. The molecule has 2 aromatic carbocycles. The van der Waals surface area contributed by atoms with Gasteiger partial charge in [0.1, 0.15) is 18.1 Å². The fourth-order valence-electron chi connectivity index (χ4n) is 2.19. The highest BCUT2D eigenvalue weighted by Crippen LogP contribution is 2.31. The molecule has 1 atom stereocenters. The van der Waals surface area contributed by atoms with Crippen LogP contribution in [0.4, 0.5) is 0 Å². The normalized spacial score (nSPS) is 12.1. The minimum absolute atomic E-state index is 0.0464. The molecule has 0 heterocycles. The van der Waals surface area contributed by atoms with E-state index in [1.54, 1.807) is 37.3 Å². The van der Waals surface area contributed by atoms with Crippen LogP contribution in [0, 0.1) is 0 Å². The summed E-state index contributed by atoms with van der Waals surface area (Å²) >= 11 is 12.4. The Morgan fingerprint density at radius 3 is 2.24 bits per heavy atom. The van der Waals surface area contributed by atoms with Gasteiger partial charge in [-0.3, -0.25) is 4.79 Å². The molecule has 0 aromatic heterocycles. The van der Waals surface area contributed by atoms with Crippen molar-refractivity contribution in [2.75, 3.05) is 0 Å². The Morgan fingerprint density at radius 1 is 1.04 bits per heavy atom. The quantitative estimate of drug-likeness (QED) is 0.681. The molecule has 0 radical (unpaired) electrons. The van der Waals surface area contributed by atoms with Gasteiger partial charge < -0.3 is 14.6 Å². The molecule has 2 rings (SSSR count). The third kappa shape index (κ3) is 5.28. The Bertz CT molecular complexity index is 759. The van der Waals surface area contributed by atoms with Gasteiger partial charge >= 0.3 is 5.97 Å². The minimum Gasteiger partial charge on any atom is -0.489 e. The summed E-state index contributed by atoms with van der Waals surface area (Å²) < 4.78 is 11.3. The molecule has 0 spiro atoms. The molecule has 1 unspecified atom stereocenters. The maximum atomic E-state index is 11.0. The first-order valence-electron chi connectivity index (χ1n) is 7.88. The summed E-state index contributed by atoms with van der Waals surface area (Å²) in [6.45, 7) is 5.76. The number of hydrogen-bond acceptors (Lipinski definition) is 3. The van der Waals surface area contributed by atoms with Crippen molar-refractivity contribution >= 4 is 29.2 Å². The first-order chi connectivity index (χ1) is 11.8. The zero-order chi connectivity index (χ0) is 18.6. The van der Waals surface area contributed by atoms with Crippen LogP contribution in [-0.4, -0.2) is 17.2 Å². The summed E-state index contributed by atoms with van der Waals surface area (Å²) in [7, 11) is 0. The highest BCUT2D eigenvalue weighted by Gasteiger charge is 2.15. The molecule has 6 heteroatoms. The van der Waals surface area contributed by atoms with Crippen LogP contribution in [0.15, 0.2) is 36.4 Å². The molecular formula is C19H20Cl2O4. The van der Waals surface area contributed by atoms with Crippen molar-refractivity contribution in [2.24, 2.45) is 0 Å².